The summed E-state index contributed by atoms with van der Waals surface area (Å²) in [5, 5.41) is 0.0247. The van der Waals surface area contributed by atoms with E-state index < -0.39 is 25.9 Å². The lowest BCUT2D eigenvalue weighted by atomic mass is 9.77. The first kappa shape index (κ1) is 29.5. The summed E-state index contributed by atoms with van der Waals surface area (Å²) >= 11 is 7.70. The van der Waals surface area contributed by atoms with Gasteiger partial charge in [0, 0.05) is 17.4 Å². The molecule has 0 spiro atoms. The standard InChI is InChI=1S/C25H42N3O5PS2Si/c1-16(2)17-9-11-25(6)20(13-17)32-34(35,36-25)30-15-19-18(33-37(7,8)24(3,4)5)14-22(31-19)28-12-10-21(26)27-23(28)29/h10,12,17-20,22H,1,9,11,13-15H2,2-8H3,(H2,26,27,29)/t17-,18?,19+,20+,22+,25+,34?/m0/s1. The summed E-state index contributed by atoms with van der Waals surface area (Å²) in [4.78, 5) is 16.4. The topological polar surface area (TPSA) is 97.8 Å². The van der Waals surface area contributed by atoms with Crippen molar-refractivity contribution in [3.05, 3.63) is 34.9 Å². The van der Waals surface area contributed by atoms with Gasteiger partial charge in [-0.25, -0.2) is 4.79 Å². The molecule has 12 heteroatoms. The molecule has 208 valence electrons. The van der Waals surface area contributed by atoms with Crippen LogP contribution in [0.15, 0.2) is 29.2 Å². The number of nitrogens with two attached hydrogens (primary N) is 1. The first-order valence-corrected chi connectivity index (χ1v) is 20.0. The van der Waals surface area contributed by atoms with E-state index in [9.17, 15) is 4.79 Å². The Morgan fingerprint density at radius 3 is 2.76 bits per heavy atom. The lowest BCUT2D eigenvalue weighted by Crippen LogP contribution is -2.46. The predicted molar refractivity (Wildman–Crippen MR) is 157 cm³/mol. The van der Waals surface area contributed by atoms with Crippen molar-refractivity contribution < 1.29 is 18.2 Å². The SMILES string of the molecule is C=C(C)[C@H]1CC[C@@]2(C)SP(=S)(OC[C@H]3O[C@@H](n4ccc(N)nc4=O)CC3O[Si](C)(C)C(C)(C)C)O[C@@H]2C1. The van der Waals surface area contributed by atoms with E-state index >= 15 is 0 Å². The number of nitrogens with zero attached hydrogens (tertiary/aromatic N) is 2. The van der Waals surface area contributed by atoms with Gasteiger partial charge < -0.3 is 23.9 Å². The zero-order chi connectivity index (χ0) is 27.4. The first-order chi connectivity index (χ1) is 17.0. The third-order valence-electron chi connectivity index (χ3n) is 8.43. The van der Waals surface area contributed by atoms with Gasteiger partial charge in [-0.05, 0) is 75.0 Å². The summed E-state index contributed by atoms with van der Waals surface area (Å²) in [7, 11) is -2.12. The van der Waals surface area contributed by atoms with Crippen molar-refractivity contribution in [2.24, 2.45) is 5.92 Å². The van der Waals surface area contributed by atoms with E-state index in [2.05, 4.69) is 59.3 Å². The number of ether oxygens (including phenoxy) is 1. The summed E-state index contributed by atoms with van der Waals surface area (Å²) in [6, 6.07) is 1.60. The maximum Gasteiger partial charge on any atom is 0.351 e. The Labute approximate surface area is 231 Å². The molecule has 8 nitrogen and oxygen atoms in total. The Morgan fingerprint density at radius 2 is 2.14 bits per heavy atom. The minimum absolute atomic E-state index is 0.0247. The Morgan fingerprint density at radius 1 is 1.43 bits per heavy atom. The number of anilines is 1. The number of fused-ring (bicyclic) bond motifs is 1. The summed E-state index contributed by atoms with van der Waals surface area (Å²) in [6.45, 7) is 19.8. The molecule has 0 bridgehead atoms. The zero-order valence-electron chi connectivity index (χ0n) is 23.1. The molecule has 1 aromatic rings. The average molecular weight is 588 g/mol. The molecule has 37 heavy (non-hydrogen) atoms. The van der Waals surface area contributed by atoms with Crippen LogP contribution in [0, 0.1) is 5.92 Å². The van der Waals surface area contributed by atoms with Crippen LogP contribution in [0.3, 0.4) is 0 Å². The second-order valence-electron chi connectivity index (χ2n) is 12.4. The van der Waals surface area contributed by atoms with E-state index in [1.165, 1.54) is 10.1 Å². The lowest BCUT2D eigenvalue weighted by molar-refractivity contribution is -0.0395. The molecule has 2 saturated heterocycles. The minimum atomic E-state index is -2.57. The van der Waals surface area contributed by atoms with Gasteiger partial charge in [0.1, 0.15) is 18.1 Å². The number of rotatable bonds is 7. The van der Waals surface area contributed by atoms with Crippen molar-refractivity contribution in [1.82, 2.24) is 9.55 Å². The van der Waals surface area contributed by atoms with E-state index in [4.69, 9.17) is 35.8 Å². The number of hydrogen-bond donors (Lipinski definition) is 1. The summed E-state index contributed by atoms with van der Waals surface area (Å²) in [5.41, 5.74) is 3.89. The Bertz CT molecular complexity index is 1140. The molecule has 1 aromatic heterocycles. The molecule has 0 radical (unpaired) electrons. The van der Waals surface area contributed by atoms with E-state index in [1.54, 1.807) is 23.6 Å². The molecule has 0 amide bonds. The third-order valence-corrected chi connectivity index (χ3v) is 18.8. The molecule has 2 aliphatic heterocycles. The van der Waals surface area contributed by atoms with Gasteiger partial charge in [-0.1, -0.05) is 44.3 Å². The third kappa shape index (κ3) is 6.29. The second kappa shape index (κ2) is 10.5. The van der Waals surface area contributed by atoms with Crippen LogP contribution in [0.2, 0.25) is 18.1 Å². The van der Waals surface area contributed by atoms with Crippen LogP contribution in [0.5, 0.6) is 0 Å². The van der Waals surface area contributed by atoms with Gasteiger partial charge in [-0.3, -0.25) is 4.57 Å². The van der Waals surface area contributed by atoms with Crippen LogP contribution >= 0.6 is 17.1 Å². The molecule has 4 rings (SSSR count). The van der Waals surface area contributed by atoms with Crippen molar-refractivity contribution >= 4 is 43.0 Å². The lowest BCUT2D eigenvalue weighted by Gasteiger charge is -2.39. The summed E-state index contributed by atoms with van der Waals surface area (Å²) in [5.74, 6) is 0.652. The molecule has 2 unspecified atom stereocenters. The second-order valence-corrected chi connectivity index (χ2v) is 23.7. The largest absolute Gasteiger partial charge is 0.411 e. The van der Waals surface area contributed by atoms with Gasteiger partial charge in [0.2, 0.25) is 5.69 Å². The van der Waals surface area contributed by atoms with E-state index in [-0.39, 0.29) is 40.5 Å². The number of aromatic nitrogens is 2. The number of hydrogen-bond acceptors (Lipinski definition) is 9. The molecule has 1 saturated carbocycles. The van der Waals surface area contributed by atoms with Gasteiger partial charge in [0.05, 0.1) is 18.8 Å². The Kier molecular flexibility index (Phi) is 8.33. The van der Waals surface area contributed by atoms with Crippen molar-refractivity contribution in [3.8, 4) is 0 Å². The van der Waals surface area contributed by atoms with Crippen molar-refractivity contribution in [2.45, 2.75) is 108 Å². The number of nitrogen functional groups attached to an aromatic ring is 1. The van der Waals surface area contributed by atoms with Crippen LogP contribution in [-0.2, 0) is 30.0 Å². The minimum Gasteiger partial charge on any atom is -0.411 e. The van der Waals surface area contributed by atoms with Crippen LogP contribution in [0.1, 0.15) is 66.5 Å². The fraction of sp³-hybridized carbons (Fsp3) is 0.760. The van der Waals surface area contributed by atoms with E-state index in [1.807, 2.05) is 0 Å². The van der Waals surface area contributed by atoms with E-state index in [0.29, 0.717) is 12.3 Å². The van der Waals surface area contributed by atoms with Gasteiger partial charge in [0.15, 0.2) is 8.32 Å². The van der Waals surface area contributed by atoms with Gasteiger partial charge in [0.25, 0.3) is 0 Å². The highest BCUT2D eigenvalue weighted by atomic mass is 32.9. The van der Waals surface area contributed by atoms with Crippen LogP contribution < -0.4 is 11.4 Å². The monoisotopic (exact) mass is 587 g/mol. The zero-order valence-corrected chi connectivity index (χ0v) is 26.6. The van der Waals surface area contributed by atoms with Crippen LogP contribution in [0.25, 0.3) is 0 Å². The smallest absolute Gasteiger partial charge is 0.351 e. The highest BCUT2D eigenvalue weighted by Crippen LogP contribution is 2.75. The van der Waals surface area contributed by atoms with Gasteiger partial charge >= 0.3 is 5.69 Å². The molecule has 0 aromatic carbocycles. The average Bonchev–Trinajstić information content (AvgIpc) is 3.27. The Balaban J connectivity index is 1.50. The predicted octanol–water partition coefficient (Wildman–Crippen LogP) is 6.01. The van der Waals surface area contributed by atoms with Crippen molar-refractivity contribution in [2.75, 3.05) is 12.3 Å². The van der Waals surface area contributed by atoms with Crippen LogP contribution in [-0.4, -0.2) is 47.5 Å². The highest BCUT2D eigenvalue weighted by Gasteiger charge is 2.54. The van der Waals surface area contributed by atoms with E-state index in [0.717, 1.165) is 19.3 Å². The summed E-state index contributed by atoms with van der Waals surface area (Å²) < 4.78 is 27.5. The number of allylic oxidation sites excluding steroid dienone is 1. The van der Waals surface area contributed by atoms with Crippen molar-refractivity contribution in [3.63, 3.8) is 0 Å². The highest BCUT2D eigenvalue weighted by molar-refractivity contribution is 8.68. The molecule has 7 atom stereocenters. The maximum atomic E-state index is 12.5. The first-order valence-electron chi connectivity index (χ1n) is 13.0. The molecule has 3 fully saturated rings. The molecule has 2 N–H and O–H groups in total. The van der Waals surface area contributed by atoms with Gasteiger partial charge in [-0.2, -0.15) is 4.98 Å². The van der Waals surface area contributed by atoms with Crippen molar-refractivity contribution in [1.29, 1.82) is 0 Å². The fourth-order valence-corrected chi connectivity index (χ4v) is 13.4. The molecule has 3 heterocycles. The fourth-order valence-electron chi connectivity index (χ4n) is 4.95. The molecular formula is C25H42N3O5PS2Si. The molecule has 1 aliphatic carbocycles. The molecular weight excluding hydrogens is 545 g/mol. The molecule has 3 aliphatic rings. The van der Waals surface area contributed by atoms with Crippen LogP contribution in [0.4, 0.5) is 5.82 Å². The maximum absolute atomic E-state index is 12.5. The Hall–Kier alpha value is -0.523. The normalized spacial score (nSPS) is 36.5. The quantitative estimate of drug-likeness (QED) is 0.234. The van der Waals surface area contributed by atoms with Gasteiger partial charge in [-0.15, -0.1) is 0 Å². The summed E-state index contributed by atoms with van der Waals surface area (Å²) in [6.07, 6.45) is 4.15.